The first-order valence-corrected chi connectivity index (χ1v) is 8.04. The van der Waals surface area contributed by atoms with Crippen molar-refractivity contribution in [2.45, 2.75) is 31.8 Å². The average Bonchev–Trinajstić information content (AvgIpc) is 2.51. The first kappa shape index (κ1) is 16.7. The molecule has 2 N–H and O–H groups in total. The summed E-state index contributed by atoms with van der Waals surface area (Å²) in [6.07, 6.45) is 2.20. The van der Waals surface area contributed by atoms with Crippen LogP contribution in [0.5, 0.6) is 0 Å². The summed E-state index contributed by atoms with van der Waals surface area (Å²) in [5, 5.41) is 0.555. The highest BCUT2D eigenvalue weighted by molar-refractivity contribution is 6.30. The van der Waals surface area contributed by atoms with Gasteiger partial charge < -0.3 is 10.6 Å². The van der Waals surface area contributed by atoms with Gasteiger partial charge in [-0.25, -0.2) is 4.39 Å². The molecule has 3 nitrogen and oxygen atoms in total. The summed E-state index contributed by atoms with van der Waals surface area (Å²) >= 11 is 6.01. The van der Waals surface area contributed by atoms with Crippen LogP contribution >= 0.6 is 11.6 Å². The predicted molar refractivity (Wildman–Crippen MR) is 86.1 cm³/mol. The van der Waals surface area contributed by atoms with Crippen molar-refractivity contribution in [2.75, 3.05) is 33.2 Å². The highest BCUT2D eigenvalue weighted by atomic mass is 35.5. The minimum atomic E-state index is -0.229. The first-order valence-electron chi connectivity index (χ1n) is 7.66. The Morgan fingerprint density at radius 2 is 2.10 bits per heavy atom. The summed E-state index contributed by atoms with van der Waals surface area (Å²) in [7, 11) is 2.05. The van der Waals surface area contributed by atoms with Crippen LogP contribution in [-0.2, 0) is 0 Å². The topological polar surface area (TPSA) is 32.5 Å². The Kier molecular flexibility index (Phi) is 5.99. The molecule has 1 aliphatic heterocycles. The Morgan fingerprint density at radius 1 is 1.43 bits per heavy atom. The van der Waals surface area contributed by atoms with Gasteiger partial charge in [-0.1, -0.05) is 18.5 Å². The van der Waals surface area contributed by atoms with Gasteiger partial charge in [0.05, 0.1) is 0 Å². The molecule has 1 saturated heterocycles. The lowest BCUT2D eigenvalue weighted by Crippen LogP contribution is -2.46. The minimum Gasteiger partial charge on any atom is -0.329 e. The highest BCUT2D eigenvalue weighted by Crippen LogP contribution is 2.28. The predicted octanol–water partition coefficient (Wildman–Crippen LogP) is 2.90. The van der Waals surface area contributed by atoms with Crippen LogP contribution in [0.2, 0.25) is 5.02 Å². The molecule has 0 aliphatic carbocycles. The molecule has 1 aliphatic rings. The lowest BCUT2D eigenvalue weighted by Gasteiger charge is -2.40. The number of rotatable bonds is 5. The molecule has 0 aromatic heterocycles. The van der Waals surface area contributed by atoms with Crippen LogP contribution in [0, 0.1) is 5.82 Å². The molecule has 1 fully saturated rings. The van der Waals surface area contributed by atoms with Crippen LogP contribution in [0.4, 0.5) is 4.39 Å². The number of hydrogen-bond donors (Lipinski definition) is 1. The fourth-order valence-electron chi connectivity index (χ4n) is 3.18. The van der Waals surface area contributed by atoms with Gasteiger partial charge in [0, 0.05) is 29.2 Å². The van der Waals surface area contributed by atoms with Gasteiger partial charge in [0.15, 0.2) is 0 Å². The van der Waals surface area contributed by atoms with Crippen molar-refractivity contribution in [2.24, 2.45) is 5.73 Å². The zero-order valence-electron chi connectivity index (χ0n) is 12.9. The fraction of sp³-hybridized carbons (Fsp3) is 0.625. The molecule has 0 radical (unpaired) electrons. The van der Waals surface area contributed by atoms with E-state index in [4.69, 9.17) is 17.3 Å². The van der Waals surface area contributed by atoms with Gasteiger partial charge in [-0.3, -0.25) is 4.90 Å². The molecule has 1 atom stereocenters. The first-order chi connectivity index (χ1) is 10.1. The standard InChI is InChI=1S/C16H25ClFN3/c1-3-21-8-6-13(7-9-21)20(2)16(11-19)14-10-12(17)4-5-15(14)18/h4-5,10,13,16H,3,6-9,11,19H2,1-2H3. The summed E-state index contributed by atoms with van der Waals surface area (Å²) in [6.45, 7) is 5.87. The van der Waals surface area contributed by atoms with E-state index in [1.54, 1.807) is 12.1 Å². The Balaban J connectivity index is 2.11. The third-order valence-corrected chi connectivity index (χ3v) is 4.85. The van der Waals surface area contributed by atoms with Crippen LogP contribution in [0.15, 0.2) is 18.2 Å². The van der Waals surface area contributed by atoms with E-state index in [1.807, 2.05) is 7.05 Å². The third-order valence-electron chi connectivity index (χ3n) is 4.61. The van der Waals surface area contributed by atoms with E-state index in [2.05, 4.69) is 16.7 Å². The molecule has 21 heavy (non-hydrogen) atoms. The normalized spacial score (nSPS) is 19.1. The zero-order valence-corrected chi connectivity index (χ0v) is 13.6. The molecule has 0 bridgehead atoms. The van der Waals surface area contributed by atoms with Crippen LogP contribution < -0.4 is 5.73 Å². The fourth-order valence-corrected chi connectivity index (χ4v) is 3.36. The molecular weight excluding hydrogens is 289 g/mol. The van der Waals surface area contributed by atoms with E-state index in [0.717, 1.165) is 32.5 Å². The van der Waals surface area contributed by atoms with E-state index < -0.39 is 0 Å². The second-order valence-electron chi connectivity index (χ2n) is 5.75. The van der Waals surface area contributed by atoms with Crippen molar-refractivity contribution in [3.05, 3.63) is 34.6 Å². The Labute approximate surface area is 131 Å². The van der Waals surface area contributed by atoms with E-state index >= 15 is 0 Å². The van der Waals surface area contributed by atoms with Gasteiger partial charge in [-0.05, 0) is 57.7 Å². The molecule has 2 rings (SSSR count). The van der Waals surface area contributed by atoms with Crippen molar-refractivity contribution >= 4 is 11.6 Å². The van der Waals surface area contributed by atoms with Crippen LogP contribution in [0.1, 0.15) is 31.4 Å². The van der Waals surface area contributed by atoms with Gasteiger partial charge in [0.2, 0.25) is 0 Å². The lowest BCUT2D eigenvalue weighted by molar-refractivity contribution is 0.0994. The lowest BCUT2D eigenvalue weighted by atomic mass is 9.98. The van der Waals surface area contributed by atoms with E-state index in [1.165, 1.54) is 6.07 Å². The van der Waals surface area contributed by atoms with E-state index in [9.17, 15) is 4.39 Å². The Morgan fingerprint density at radius 3 is 2.67 bits per heavy atom. The molecule has 1 heterocycles. The van der Waals surface area contributed by atoms with Crippen molar-refractivity contribution in [3.8, 4) is 0 Å². The molecule has 1 aromatic carbocycles. The summed E-state index contributed by atoms with van der Waals surface area (Å²) in [4.78, 5) is 4.67. The second kappa shape index (κ2) is 7.54. The number of piperidine rings is 1. The highest BCUT2D eigenvalue weighted by Gasteiger charge is 2.28. The molecule has 118 valence electrons. The summed E-state index contributed by atoms with van der Waals surface area (Å²) in [6, 6.07) is 5.02. The van der Waals surface area contributed by atoms with Crippen molar-refractivity contribution in [1.29, 1.82) is 0 Å². The SMILES string of the molecule is CCN1CCC(N(C)C(CN)c2cc(Cl)ccc2F)CC1. The quantitative estimate of drug-likeness (QED) is 0.907. The van der Waals surface area contributed by atoms with Crippen molar-refractivity contribution < 1.29 is 4.39 Å². The number of likely N-dealkylation sites (N-methyl/N-ethyl adjacent to an activating group) is 1. The van der Waals surface area contributed by atoms with Gasteiger partial charge in [0.25, 0.3) is 0 Å². The molecule has 0 amide bonds. The number of nitrogens with two attached hydrogens (primary N) is 1. The van der Waals surface area contributed by atoms with Crippen LogP contribution in [0.25, 0.3) is 0 Å². The Bertz CT molecular complexity index is 461. The zero-order chi connectivity index (χ0) is 15.4. The van der Waals surface area contributed by atoms with Gasteiger partial charge in [0.1, 0.15) is 5.82 Å². The molecule has 5 heteroatoms. The van der Waals surface area contributed by atoms with Gasteiger partial charge in [-0.2, -0.15) is 0 Å². The number of halogens is 2. The number of likely N-dealkylation sites (tertiary alicyclic amines) is 1. The molecule has 0 spiro atoms. The molecular formula is C16H25ClFN3. The number of benzene rings is 1. The molecule has 1 unspecified atom stereocenters. The molecule has 1 aromatic rings. The summed E-state index contributed by atoms with van der Waals surface area (Å²) in [5.74, 6) is -0.229. The van der Waals surface area contributed by atoms with E-state index in [0.29, 0.717) is 23.2 Å². The van der Waals surface area contributed by atoms with Crippen molar-refractivity contribution in [1.82, 2.24) is 9.80 Å². The monoisotopic (exact) mass is 313 g/mol. The maximum Gasteiger partial charge on any atom is 0.128 e. The van der Waals surface area contributed by atoms with Crippen LogP contribution in [-0.4, -0.2) is 49.1 Å². The number of nitrogens with zero attached hydrogens (tertiary/aromatic N) is 2. The smallest absolute Gasteiger partial charge is 0.128 e. The maximum absolute atomic E-state index is 14.1. The van der Waals surface area contributed by atoms with Gasteiger partial charge in [-0.15, -0.1) is 0 Å². The van der Waals surface area contributed by atoms with E-state index in [-0.39, 0.29) is 11.9 Å². The van der Waals surface area contributed by atoms with Crippen LogP contribution in [0.3, 0.4) is 0 Å². The Hall–Kier alpha value is -0.680. The molecule has 0 saturated carbocycles. The van der Waals surface area contributed by atoms with Crippen molar-refractivity contribution in [3.63, 3.8) is 0 Å². The largest absolute Gasteiger partial charge is 0.329 e. The maximum atomic E-state index is 14.1. The average molecular weight is 314 g/mol. The third kappa shape index (κ3) is 3.95. The summed E-state index contributed by atoms with van der Waals surface area (Å²) < 4.78 is 14.1. The van der Waals surface area contributed by atoms with Gasteiger partial charge >= 0.3 is 0 Å². The minimum absolute atomic E-state index is 0.123. The second-order valence-corrected chi connectivity index (χ2v) is 6.18. The summed E-state index contributed by atoms with van der Waals surface area (Å²) in [5.41, 5.74) is 6.53. The number of hydrogen-bond acceptors (Lipinski definition) is 3.